The summed E-state index contributed by atoms with van der Waals surface area (Å²) < 4.78 is 1.81. The first kappa shape index (κ1) is 15.7. The monoisotopic (exact) mass is 313 g/mol. The third-order valence-corrected chi connectivity index (χ3v) is 4.15. The van der Waals surface area contributed by atoms with Gasteiger partial charge < -0.3 is 11.1 Å². The van der Waals surface area contributed by atoms with Crippen molar-refractivity contribution in [3.8, 4) is 5.69 Å². The summed E-state index contributed by atoms with van der Waals surface area (Å²) in [4.78, 5) is 14.2. The molecule has 0 saturated carbocycles. The zero-order chi connectivity index (χ0) is 16.1. The van der Waals surface area contributed by atoms with Crippen molar-refractivity contribution in [2.45, 2.75) is 25.4 Å². The largest absolute Gasteiger partial charge is 0.351 e. The van der Waals surface area contributed by atoms with Crippen molar-refractivity contribution in [1.82, 2.24) is 20.0 Å². The predicted molar refractivity (Wildman–Crippen MR) is 89.1 cm³/mol. The van der Waals surface area contributed by atoms with E-state index >= 15 is 0 Å². The Balaban J connectivity index is 1.47. The first-order chi connectivity index (χ1) is 11.2. The van der Waals surface area contributed by atoms with Gasteiger partial charge in [-0.05, 0) is 25.0 Å². The fourth-order valence-electron chi connectivity index (χ4n) is 2.74. The van der Waals surface area contributed by atoms with Gasteiger partial charge in [-0.25, -0.2) is 4.68 Å². The molecular weight excluding hydrogens is 290 g/mol. The maximum Gasteiger partial charge on any atom is 0.234 e. The second kappa shape index (κ2) is 7.39. The molecule has 1 aliphatic rings. The third-order valence-electron chi connectivity index (χ3n) is 4.15. The number of hydrogen-bond donors (Lipinski definition) is 2. The van der Waals surface area contributed by atoms with Gasteiger partial charge in [-0.2, -0.15) is 5.10 Å². The number of aromatic nitrogens is 2. The van der Waals surface area contributed by atoms with Crippen LogP contribution in [0.3, 0.4) is 0 Å². The van der Waals surface area contributed by atoms with Gasteiger partial charge in [0.15, 0.2) is 0 Å². The number of amides is 1. The van der Waals surface area contributed by atoms with Gasteiger partial charge >= 0.3 is 0 Å². The molecular formula is C17H23N5O. The topological polar surface area (TPSA) is 76.2 Å². The van der Waals surface area contributed by atoms with Crippen LogP contribution in [0.1, 0.15) is 18.4 Å². The van der Waals surface area contributed by atoms with Gasteiger partial charge in [0.05, 0.1) is 18.4 Å². The maximum atomic E-state index is 12.0. The number of carbonyl (C=O) groups excluding carboxylic acids is 1. The molecule has 0 unspecified atom stereocenters. The summed E-state index contributed by atoms with van der Waals surface area (Å²) in [6, 6.07) is 10.2. The van der Waals surface area contributed by atoms with Gasteiger partial charge in [-0.15, -0.1) is 0 Å². The number of likely N-dealkylation sites (tertiary alicyclic amines) is 1. The van der Waals surface area contributed by atoms with Crippen LogP contribution in [0.5, 0.6) is 0 Å². The fraction of sp³-hybridized carbons (Fsp3) is 0.412. The molecule has 1 amide bonds. The number of nitrogens with one attached hydrogen (secondary N) is 1. The molecule has 1 fully saturated rings. The van der Waals surface area contributed by atoms with Crippen LogP contribution in [0.25, 0.3) is 5.69 Å². The number of para-hydroxylation sites is 1. The van der Waals surface area contributed by atoms with E-state index in [0.717, 1.165) is 37.2 Å². The van der Waals surface area contributed by atoms with Crippen molar-refractivity contribution in [3.05, 3.63) is 48.3 Å². The fourth-order valence-corrected chi connectivity index (χ4v) is 2.74. The van der Waals surface area contributed by atoms with Crippen molar-refractivity contribution >= 4 is 5.91 Å². The molecule has 1 saturated heterocycles. The quantitative estimate of drug-likeness (QED) is 0.860. The standard InChI is InChI=1S/C17H23N5O/c18-15-6-8-21(9-7-15)13-17(23)19-10-14-11-20-22(12-14)16-4-2-1-3-5-16/h1-5,11-12,15H,6-10,13,18H2,(H,19,23). The first-order valence-corrected chi connectivity index (χ1v) is 8.04. The summed E-state index contributed by atoms with van der Waals surface area (Å²) in [7, 11) is 0. The zero-order valence-electron chi connectivity index (χ0n) is 13.2. The summed E-state index contributed by atoms with van der Waals surface area (Å²) in [6.07, 6.45) is 5.66. The molecule has 6 nitrogen and oxygen atoms in total. The number of rotatable bonds is 5. The summed E-state index contributed by atoms with van der Waals surface area (Å²) in [5.74, 6) is 0.0490. The number of benzene rings is 1. The molecule has 6 heteroatoms. The average Bonchev–Trinajstić information content (AvgIpc) is 3.05. The van der Waals surface area contributed by atoms with E-state index < -0.39 is 0 Å². The average molecular weight is 313 g/mol. The van der Waals surface area contributed by atoms with Crippen LogP contribution in [0.2, 0.25) is 0 Å². The lowest BCUT2D eigenvalue weighted by molar-refractivity contribution is -0.122. The summed E-state index contributed by atoms with van der Waals surface area (Å²) in [6.45, 7) is 2.75. The Morgan fingerprint density at radius 1 is 1.26 bits per heavy atom. The molecule has 1 aromatic heterocycles. The van der Waals surface area contributed by atoms with E-state index in [2.05, 4.69) is 15.3 Å². The zero-order valence-corrected chi connectivity index (χ0v) is 13.2. The smallest absolute Gasteiger partial charge is 0.234 e. The highest BCUT2D eigenvalue weighted by Gasteiger charge is 2.18. The van der Waals surface area contributed by atoms with Crippen LogP contribution in [-0.4, -0.2) is 46.3 Å². The molecule has 0 aliphatic carbocycles. The van der Waals surface area contributed by atoms with Crippen LogP contribution in [0, 0.1) is 0 Å². The number of piperidine rings is 1. The van der Waals surface area contributed by atoms with Gasteiger partial charge in [0, 0.05) is 37.4 Å². The molecule has 0 atom stereocenters. The third kappa shape index (κ3) is 4.40. The van der Waals surface area contributed by atoms with Crippen LogP contribution >= 0.6 is 0 Å². The van der Waals surface area contributed by atoms with E-state index in [-0.39, 0.29) is 11.9 Å². The molecule has 0 spiro atoms. The second-order valence-electron chi connectivity index (χ2n) is 6.02. The lowest BCUT2D eigenvalue weighted by atomic mass is 10.1. The van der Waals surface area contributed by atoms with E-state index in [1.807, 2.05) is 41.2 Å². The van der Waals surface area contributed by atoms with E-state index in [0.29, 0.717) is 13.1 Å². The minimum absolute atomic E-state index is 0.0490. The first-order valence-electron chi connectivity index (χ1n) is 8.04. The molecule has 2 heterocycles. The Kier molecular flexibility index (Phi) is 5.05. The Labute approximate surface area is 136 Å². The Bertz CT molecular complexity index is 631. The molecule has 0 bridgehead atoms. The molecule has 2 aromatic rings. The Morgan fingerprint density at radius 2 is 2.00 bits per heavy atom. The van der Waals surface area contributed by atoms with Crippen molar-refractivity contribution in [3.63, 3.8) is 0 Å². The van der Waals surface area contributed by atoms with Gasteiger partial charge in [0.2, 0.25) is 5.91 Å². The maximum absolute atomic E-state index is 12.0. The van der Waals surface area contributed by atoms with Gasteiger partial charge in [0.1, 0.15) is 0 Å². The van der Waals surface area contributed by atoms with Gasteiger partial charge in [-0.3, -0.25) is 9.69 Å². The molecule has 122 valence electrons. The van der Waals surface area contributed by atoms with E-state index in [1.165, 1.54) is 0 Å². The summed E-state index contributed by atoms with van der Waals surface area (Å²) in [5, 5.41) is 7.29. The minimum atomic E-state index is 0.0490. The molecule has 3 rings (SSSR count). The Hall–Kier alpha value is -2.18. The number of carbonyl (C=O) groups is 1. The molecule has 23 heavy (non-hydrogen) atoms. The second-order valence-corrected chi connectivity index (χ2v) is 6.02. The SMILES string of the molecule is NC1CCN(CC(=O)NCc2cnn(-c3ccccc3)c2)CC1. The van der Waals surface area contributed by atoms with Crippen molar-refractivity contribution in [2.24, 2.45) is 5.73 Å². The highest BCUT2D eigenvalue weighted by molar-refractivity contribution is 5.78. The number of hydrogen-bond acceptors (Lipinski definition) is 4. The van der Waals surface area contributed by atoms with Crippen LogP contribution in [0.15, 0.2) is 42.7 Å². The van der Waals surface area contributed by atoms with Crippen LogP contribution < -0.4 is 11.1 Å². The van der Waals surface area contributed by atoms with Crippen molar-refractivity contribution < 1.29 is 4.79 Å². The van der Waals surface area contributed by atoms with E-state index in [1.54, 1.807) is 6.20 Å². The summed E-state index contributed by atoms with van der Waals surface area (Å²) >= 11 is 0. The highest BCUT2D eigenvalue weighted by Crippen LogP contribution is 2.08. The van der Waals surface area contributed by atoms with Gasteiger partial charge in [-0.1, -0.05) is 18.2 Å². The lowest BCUT2D eigenvalue weighted by Crippen LogP contribution is -2.44. The van der Waals surface area contributed by atoms with Crippen molar-refractivity contribution in [1.29, 1.82) is 0 Å². The lowest BCUT2D eigenvalue weighted by Gasteiger charge is -2.29. The minimum Gasteiger partial charge on any atom is -0.351 e. The normalized spacial score (nSPS) is 16.4. The number of nitrogens with two attached hydrogens (primary N) is 1. The molecule has 3 N–H and O–H groups in total. The predicted octanol–water partition coefficient (Wildman–Crippen LogP) is 0.912. The molecule has 0 radical (unpaired) electrons. The molecule has 1 aromatic carbocycles. The molecule has 1 aliphatic heterocycles. The Morgan fingerprint density at radius 3 is 2.74 bits per heavy atom. The summed E-state index contributed by atoms with van der Waals surface area (Å²) in [5.41, 5.74) is 7.87. The number of nitrogens with zero attached hydrogens (tertiary/aromatic N) is 3. The van der Waals surface area contributed by atoms with Crippen LogP contribution in [-0.2, 0) is 11.3 Å². The van der Waals surface area contributed by atoms with Crippen molar-refractivity contribution in [2.75, 3.05) is 19.6 Å². The van der Waals surface area contributed by atoms with E-state index in [9.17, 15) is 4.79 Å². The van der Waals surface area contributed by atoms with Crippen LogP contribution in [0.4, 0.5) is 0 Å². The highest BCUT2D eigenvalue weighted by atomic mass is 16.2. The van der Waals surface area contributed by atoms with E-state index in [4.69, 9.17) is 5.73 Å². The van der Waals surface area contributed by atoms with Gasteiger partial charge in [0.25, 0.3) is 0 Å².